The Morgan fingerprint density at radius 3 is 2.73 bits per heavy atom. The topological polar surface area (TPSA) is 12.0 Å². The molecule has 0 amide bonds. The molecule has 15 heavy (non-hydrogen) atoms. The van der Waals surface area contributed by atoms with Crippen LogP contribution in [0.15, 0.2) is 15.2 Å². The van der Waals surface area contributed by atoms with Gasteiger partial charge in [0, 0.05) is 15.9 Å². The van der Waals surface area contributed by atoms with Crippen LogP contribution in [0.3, 0.4) is 0 Å². The fourth-order valence-corrected chi connectivity index (χ4v) is 3.56. The minimum Gasteiger partial charge on any atom is -0.309 e. The van der Waals surface area contributed by atoms with Gasteiger partial charge < -0.3 is 5.32 Å². The summed E-state index contributed by atoms with van der Waals surface area (Å²) in [6, 6.07) is 0.540. The van der Waals surface area contributed by atoms with E-state index in [-0.39, 0.29) is 0 Å². The van der Waals surface area contributed by atoms with Crippen molar-refractivity contribution in [3.8, 4) is 0 Å². The van der Waals surface area contributed by atoms with Crippen LogP contribution in [0.5, 0.6) is 0 Å². The number of thiophene rings is 1. The van der Waals surface area contributed by atoms with Gasteiger partial charge in [-0.05, 0) is 58.1 Å². The highest BCUT2D eigenvalue weighted by Crippen LogP contribution is 2.55. The Bertz CT molecular complexity index is 330. The summed E-state index contributed by atoms with van der Waals surface area (Å²) < 4.78 is 1.27. The highest BCUT2D eigenvalue weighted by Gasteiger charge is 2.45. The molecule has 3 heteroatoms. The van der Waals surface area contributed by atoms with Gasteiger partial charge in [-0.15, -0.1) is 0 Å². The largest absolute Gasteiger partial charge is 0.309 e. The quantitative estimate of drug-likeness (QED) is 0.849. The van der Waals surface area contributed by atoms with Crippen molar-refractivity contribution in [2.75, 3.05) is 6.54 Å². The van der Waals surface area contributed by atoms with Crippen LogP contribution in [0.4, 0.5) is 0 Å². The molecule has 1 aliphatic rings. The Labute approximate surface area is 104 Å². The van der Waals surface area contributed by atoms with E-state index in [4.69, 9.17) is 0 Å². The second-order valence-corrected chi connectivity index (χ2v) is 6.31. The van der Waals surface area contributed by atoms with E-state index in [1.807, 2.05) is 0 Å². The first-order valence-electron chi connectivity index (χ1n) is 5.62. The van der Waals surface area contributed by atoms with Gasteiger partial charge in [-0.1, -0.05) is 13.8 Å². The van der Waals surface area contributed by atoms with E-state index in [0.717, 1.165) is 6.54 Å². The summed E-state index contributed by atoms with van der Waals surface area (Å²) in [5.41, 5.74) is 1.95. The van der Waals surface area contributed by atoms with Gasteiger partial charge in [0.25, 0.3) is 0 Å². The van der Waals surface area contributed by atoms with Crippen molar-refractivity contribution in [1.29, 1.82) is 0 Å². The second kappa shape index (κ2) is 4.56. The Morgan fingerprint density at radius 1 is 1.53 bits per heavy atom. The van der Waals surface area contributed by atoms with Crippen molar-refractivity contribution in [3.05, 3.63) is 20.8 Å². The predicted octanol–water partition coefficient (Wildman–Crippen LogP) is 4.35. The Hall–Kier alpha value is 0.140. The summed E-state index contributed by atoms with van der Waals surface area (Å²) >= 11 is 5.43. The minimum atomic E-state index is 0.499. The molecule has 1 aromatic rings. The molecule has 1 nitrogen and oxygen atoms in total. The maximum Gasteiger partial charge on any atom is 0.0394 e. The number of nitrogens with one attached hydrogen (secondary N) is 1. The van der Waals surface area contributed by atoms with Crippen LogP contribution in [0.1, 0.15) is 44.7 Å². The lowest BCUT2D eigenvalue weighted by Gasteiger charge is -2.24. The number of hydrogen-bond donors (Lipinski definition) is 1. The zero-order valence-corrected chi connectivity index (χ0v) is 11.7. The van der Waals surface area contributed by atoms with Crippen LogP contribution in [-0.4, -0.2) is 6.54 Å². The van der Waals surface area contributed by atoms with Gasteiger partial charge in [-0.25, -0.2) is 0 Å². The molecule has 0 spiro atoms. The number of hydrogen-bond acceptors (Lipinski definition) is 2. The van der Waals surface area contributed by atoms with Crippen molar-refractivity contribution < 1.29 is 0 Å². The fourth-order valence-electron chi connectivity index (χ4n) is 2.00. The van der Waals surface area contributed by atoms with E-state index in [1.54, 1.807) is 11.3 Å². The Kier molecular flexibility index (Phi) is 3.53. The molecule has 0 bridgehead atoms. The molecule has 1 unspecified atom stereocenters. The highest BCUT2D eigenvalue weighted by molar-refractivity contribution is 9.10. The molecule has 0 aliphatic heterocycles. The van der Waals surface area contributed by atoms with Crippen LogP contribution < -0.4 is 5.32 Å². The third-order valence-electron chi connectivity index (χ3n) is 3.29. The van der Waals surface area contributed by atoms with E-state index < -0.39 is 0 Å². The second-order valence-electron chi connectivity index (χ2n) is 4.72. The van der Waals surface area contributed by atoms with Crippen molar-refractivity contribution >= 4 is 27.3 Å². The molecule has 84 valence electrons. The van der Waals surface area contributed by atoms with E-state index in [2.05, 4.69) is 45.9 Å². The van der Waals surface area contributed by atoms with Crippen molar-refractivity contribution in [2.45, 2.75) is 39.2 Å². The van der Waals surface area contributed by atoms with Crippen molar-refractivity contribution in [3.63, 3.8) is 0 Å². The maximum atomic E-state index is 3.69. The van der Waals surface area contributed by atoms with Gasteiger partial charge >= 0.3 is 0 Å². The van der Waals surface area contributed by atoms with Gasteiger partial charge in [0.1, 0.15) is 0 Å². The summed E-state index contributed by atoms with van der Waals surface area (Å²) in [6.45, 7) is 5.73. The zero-order chi connectivity index (χ0) is 10.9. The van der Waals surface area contributed by atoms with Crippen LogP contribution in [0, 0.1) is 5.41 Å². The number of rotatable bonds is 5. The third kappa shape index (κ3) is 2.45. The molecule has 1 atom stereocenters. The predicted molar refractivity (Wildman–Crippen MR) is 70.4 cm³/mol. The van der Waals surface area contributed by atoms with Crippen LogP contribution in [0.25, 0.3) is 0 Å². The molecule has 1 N–H and O–H groups in total. The van der Waals surface area contributed by atoms with Gasteiger partial charge in [-0.2, -0.15) is 11.3 Å². The molecule has 0 radical (unpaired) electrons. The van der Waals surface area contributed by atoms with E-state index in [1.165, 1.54) is 29.3 Å². The fraction of sp³-hybridized carbons (Fsp3) is 0.667. The monoisotopic (exact) mass is 287 g/mol. The van der Waals surface area contributed by atoms with E-state index in [9.17, 15) is 0 Å². The third-order valence-corrected chi connectivity index (χ3v) is 5.04. The molecule has 1 aromatic heterocycles. The Balaban J connectivity index is 2.15. The lowest BCUT2D eigenvalue weighted by Crippen LogP contribution is -2.28. The standard InChI is InChI=1S/C12H18BrNS/c1-3-6-14-11(12(2)4-5-12)9-7-15-8-10(9)13/h7-8,11,14H,3-6H2,1-2H3. The van der Waals surface area contributed by atoms with Crippen molar-refractivity contribution in [2.24, 2.45) is 5.41 Å². The van der Waals surface area contributed by atoms with Gasteiger partial charge in [-0.3, -0.25) is 0 Å². The summed E-state index contributed by atoms with van der Waals surface area (Å²) in [7, 11) is 0. The summed E-state index contributed by atoms with van der Waals surface area (Å²) in [4.78, 5) is 0. The first kappa shape index (κ1) is 11.6. The molecule has 1 saturated carbocycles. The zero-order valence-electron chi connectivity index (χ0n) is 9.35. The van der Waals surface area contributed by atoms with E-state index >= 15 is 0 Å². The molecule has 1 heterocycles. The summed E-state index contributed by atoms with van der Waals surface area (Å²) in [5.74, 6) is 0. The molecule has 2 rings (SSSR count). The summed E-state index contributed by atoms with van der Waals surface area (Å²) in [5, 5.41) is 8.15. The molecular formula is C12H18BrNS. The lowest BCUT2D eigenvalue weighted by atomic mass is 9.93. The molecular weight excluding hydrogens is 270 g/mol. The molecule has 0 saturated heterocycles. The van der Waals surface area contributed by atoms with Gasteiger partial charge in [0.15, 0.2) is 0 Å². The molecule has 1 aliphatic carbocycles. The lowest BCUT2D eigenvalue weighted by molar-refractivity contribution is 0.366. The normalized spacial score (nSPS) is 20.2. The number of halogens is 1. The van der Waals surface area contributed by atoms with Crippen molar-refractivity contribution in [1.82, 2.24) is 5.32 Å². The summed E-state index contributed by atoms with van der Waals surface area (Å²) in [6.07, 6.45) is 3.92. The van der Waals surface area contributed by atoms with E-state index in [0.29, 0.717) is 11.5 Å². The maximum absolute atomic E-state index is 3.69. The van der Waals surface area contributed by atoms with Crippen LogP contribution >= 0.6 is 27.3 Å². The van der Waals surface area contributed by atoms with Crippen LogP contribution in [0.2, 0.25) is 0 Å². The highest BCUT2D eigenvalue weighted by atomic mass is 79.9. The van der Waals surface area contributed by atoms with Crippen LogP contribution in [-0.2, 0) is 0 Å². The Morgan fingerprint density at radius 2 is 2.27 bits per heavy atom. The van der Waals surface area contributed by atoms with Gasteiger partial charge in [0.2, 0.25) is 0 Å². The first-order chi connectivity index (χ1) is 7.17. The minimum absolute atomic E-state index is 0.499. The smallest absolute Gasteiger partial charge is 0.0394 e. The SMILES string of the molecule is CCCNC(c1cscc1Br)C1(C)CC1. The average Bonchev–Trinajstić information content (AvgIpc) is 2.81. The van der Waals surface area contributed by atoms with Gasteiger partial charge in [0.05, 0.1) is 0 Å². The molecule has 0 aromatic carbocycles. The average molecular weight is 288 g/mol. The molecule has 1 fully saturated rings. The first-order valence-corrected chi connectivity index (χ1v) is 7.36.